The van der Waals surface area contributed by atoms with Crippen LogP contribution in [0.1, 0.15) is 97.1 Å². The topological polar surface area (TPSA) is 98.5 Å². The number of benzene rings is 1. The summed E-state index contributed by atoms with van der Waals surface area (Å²) in [5.74, 6) is 0.914. The first-order chi connectivity index (χ1) is 22.5. The van der Waals surface area contributed by atoms with Crippen molar-refractivity contribution in [3.8, 4) is 5.75 Å². The van der Waals surface area contributed by atoms with Gasteiger partial charge in [0, 0.05) is 32.0 Å². The van der Waals surface area contributed by atoms with Gasteiger partial charge in [-0.1, -0.05) is 74.4 Å². The van der Waals surface area contributed by atoms with Crippen LogP contribution in [0.5, 0.6) is 5.75 Å². The van der Waals surface area contributed by atoms with Gasteiger partial charge in [0.2, 0.25) is 0 Å². The van der Waals surface area contributed by atoms with E-state index in [0.717, 1.165) is 17.7 Å². The maximum atomic E-state index is 12.2. The van der Waals surface area contributed by atoms with Gasteiger partial charge in [-0.25, -0.2) is 9.78 Å². The first kappa shape index (κ1) is 43.1. The van der Waals surface area contributed by atoms with Crippen LogP contribution in [0.25, 0.3) is 0 Å². The molecule has 2 rings (SSSR count). The van der Waals surface area contributed by atoms with Crippen molar-refractivity contribution in [2.75, 3.05) is 27.9 Å². The van der Waals surface area contributed by atoms with Crippen molar-refractivity contribution in [1.82, 2.24) is 4.98 Å². The molecular formula is C38H67NO8Si2. The van der Waals surface area contributed by atoms with Gasteiger partial charge in [-0.15, -0.1) is 0 Å². The zero-order valence-electron chi connectivity index (χ0n) is 33.4. The van der Waals surface area contributed by atoms with Crippen molar-refractivity contribution < 1.29 is 37.0 Å². The van der Waals surface area contributed by atoms with E-state index in [1.54, 1.807) is 14.2 Å². The van der Waals surface area contributed by atoms with Crippen LogP contribution in [0, 0.1) is 11.3 Å². The molecule has 1 heterocycles. The summed E-state index contributed by atoms with van der Waals surface area (Å²) >= 11 is 0. The van der Waals surface area contributed by atoms with Gasteiger partial charge in [-0.05, 0) is 66.3 Å². The molecule has 9 nitrogen and oxygen atoms in total. The fraction of sp³-hybridized carbons (Fsp3) is 0.737. The molecule has 1 aromatic carbocycles. The van der Waals surface area contributed by atoms with Gasteiger partial charge < -0.3 is 32.2 Å². The molecule has 0 aliphatic heterocycles. The lowest BCUT2D eigenvalue weighted by atomic mass is 9.76. The minimum Gasteiger partial charge on any atom is -0.497 e. The number of hydrogen-bond acceptors (Lipinski definition) is 9. The van der Waals surface area contributed by atoms with Crippen LogP contribution in [0.3, 0.4) is 0 Å². The maximum Gasteiger partial charge on any atom is 0.360 e. The fourth-order valence-corrected chi connectivity index (χ4v) is 7.65. The highest BCUT2D eigenvalue weighted by atomic mass is 28.4. The molecule has 0 bridgehead atoms. The van der Waals surface area contributed by atoms with E-state index in [0.29, 0.717) is 31.9 Å². The van der Waals surface area contributed by atoms with Crippen molar-refractivity contribution in [2.24, 2.45) is 11.3 Å². The third kappa shape index (κ3) is 12.0. The molecule has 2 aromatic rings. The van der Waals surface area contributed by atoms with E-state index in [2.05, 4.69) is 93.5 Å². The number of nitrogens with zero attached hydrogens (tertiary/aromatic N) is 1. The Kier molecular flexibility index (Phi) is 15.4. The Labute approximate surface area is 299 Å². The highest BCUT2D eigenvalue weighted by Gasteiger charge is 2.47. The standard InChI is InChI=1S/C38H67NO8Si2/c1-27(21-22-46-48(13,14)36(2,3)4)31(42-11)23-32(44-25-28-17-19-29(41-10)20-18-28)38(8,9)33(47-49(15,16)37(5,6)7)24-34-39-30(26-45-34)35(40)43-12/h17-20,26-27,31-33H,21-25H2,1-16H3/t27-,31-,32-,33-/m0/s1. The summed E-state index contributed by atoms with van der Waals surface area (Å²) in [6, 6.07) is 7.96. The van der Waals surface area contributed by atoms with Crippen LogP contribution in [-0.2, 0) is 36.1 Å². The number of carbonyl (C=O) groups is 1. The number of hydrogen-bond donors (Lipinski definition) is 0. The van der Waals surface area contributed by atoms with Gasteiger partial charge in [0.05, 0.1) is 39.1 Å². The lowest BCUT2D eigenvalue weighted by Gasteiger charge is -2.47. The second-order valence-electron chi connectivity index (χ2n) is 17.0. The Morgan fingerprint density at radius 1 is 0.878 bits per heavy atom. The molecular weight excluding hydrogens is 655 g/mol. The Hall–Kier alpha value is -2.03. The normalized spacial score (nSPS) is 15.8. The molecule has 0 aliphatic carbocycles. The smallest absolute Gasteiger partial charge is 0.360 e. The lowest BCUT2D eigenvalue weighted by Crippen LogP contribution is -2.53. The van der Waals surface area contributed by atoms with Gasteiger partial charge in [-0.3, -0.25) is 0 Å². The van der Waals surface area contributed by atoms with Crippen LogP contribution in [0.15, 0.2) is 34.9 Å². The SMILES string of the molecule is COC(=O)c1coc(C[C@H](O[Si](C)(C)C(C)(C)C)C(C)(C)[C@H](C[C@H](OC)[C@@H](C)CCO[Si](C)(C)C(C)(C)C)OCc2ccc(OC)cc2)n1. The van der Waals surface area contributed by atoms with Crippen molar-refractivity contribution >= 4 is 22.6 Å². The van der Waals surface area contributed by atoms with Gasteiger partial charge >= 0.3 is 5.97 Å². The molecule has 4 atom stereocenters. The first-order valence-corrected chi connectivity index (χ1v) is 23.4. The van der Waals surface area contributed by atoms with E-state index < -0.39 is 28.0 Å². The molecule has 0 N–H and O–H groups in total. The second-order valence-corrected chi connectivity index (χ2v) is 26.6. The minimum absolute atomic E-state index is 0.0394. The Morgan fingerprint density at radius 3 is 1.98 bits per heavy atom. The molecule has 49 heavy (non-hydrogen) atoms. The molecule has 280 valence electrons. The fourth-order valence-electron chi connectivity index (χ4n) is 5.14. The molecule has 11 heteroatoms. The summed E-state index contributed by atoms with van der Waals surface area (Å²) in [6.45, 7) is 30.3. The van der Waals surface area contributed by atoms with E-state index in [1.807, 2.05) is 24.3 Å². The maximum absolute atomic E-state index is 12.2. The average Bonchev–Trinajstić information content (AvgIpc) is 3.47. The van der Waals surface area contributed by atoms with Crippen LogP contribution >= 0.6 is 0 Å². The minimum atomic E-state index is -2.29. The highest BCUT2D eigenvalue weighted by molar-refractivity contribution is 6.74. The predicted molar refractivity (Wildman–Crippen MR) is 201 cm³/mol. The lowest BCUT2D eigenvalue weighted by molar-refractivity contribution is -0.114. The number of methoxy groups -OCH3 is 3. The van der Waals surface area contributed by atoms with Crippen LogP contribution in [0.2, 0.25) is 36.3 Å². The second kappa shape index (κ2) is 17.5. The number of rotatable bonds is 19. The van der Waals surface area contributed by atoms with E-state index in [1.165, 1.54) is 13.4 Å². The number of oxazole rings is 1. The summed E-state index contributed by atoms with van der Waals surface area (Å²) in [7, 11) is 0.627. The number of ether oxygens (including phenoxy) is 4. The Morgan fingerprint density at radius 2 is 1.47 bits per heavy atom. The predicted octanol–water partition coefficient (Wildman–Crippen LogP) is 9.47. The van der Waals surface area contributed by atoms with Crippen molar-refractivity contribution in [2.45, 2.75) is 143 Å². The van der Waals surface area contributed by atoms with Gasteiger partial charge in [0.15, 0.2) is 28.2 Å². The third-order valence-electron chi connectivity index (χ3n) is 11.0. The summed E-state index contributed by atoms with van der Waals surface area (Å²) in [5.41, 5.74) is 0.654. The summed E-state index contributed by atoms with van der Waals surface area (Å²) in [6.07, 6.45) is 2.56. The number of esters is 1. The van der Waals surface area contributed by atoms with Gasteiger partial charge in [0.25, 0.3) is 0 Å². The van der Waals surface area contributed by atoms with Crippen LogP contribution in [0.4, 0.5) is 0 Å². The molecule has 0 radical (unpaired) electrons. The third-order valence-corrected chi connectivity index (χ3v) is 20.1. The molecule has 0 saturated heterocycles. The molecule has 0 saturated carbocycles. The zero-order valence-corrected chi connectivity index (χ0v) is 35.4. The summed E-state index contributed by atoms with van der Waals surface area (Å²) in [5, 5.41) is 0.114. The van der Waals surface area contributed by atoms with E-state index in [4.69, 9.17) is 32.2 Å². The summed E-state index contributed by atoms with van der Waals surface area (Å²) in [4.78, 5) is 16.7. The van der Waals surface area contributed by atoms with Crippen molar-refractivity contribution in [3.63, 3.8) is 0 Å². The van der Waals surface area contributed by atoms with Gasteiger partial charge in [-0.2, -0.15) is 0 Å². The Balaban J connectivity index is 2.48. The van der Waals surface area contributed by atoms with E-state index >= 15 is 0 Å². The molecule has 1 aromatic heterocycles. The highest BCUT2D eigenvalue weighted by Crippen LogP contribution is 2.43. The van der Waals surface area contributed by atoms with Crippen LogP contribution in [-0.4, -0.2) is 73.8 Å². The summed E-state index contributed by atoms with van der Waals surface area (Å²) < 4.78 is 42.9. The molecule has 0 spiro atoms. The Bertz CT molecular complexity index is 1290. The monoisotopic (exact) mass is 721 g/mol. The van der Waals surface area contributed by atoms with Crippen molar-refractivity contribution in [3.05, 3.63) is 47.7 Å². The first-order valence-electron chi connectivity index (χ1n) is 17.6. The number of carbonyl (C=O) groups excluding carboxylic acids is 1. The quantitative estimate of drug-likeness (QED) is 0.104. The van der Waals surface area contributed by atoms with E-state index in [9.17, 15) is 4.79 Å². The van der Waals surface area contributed by atoms with Crippen LogP contribution < -0.4 is 4.74 Å². The largest absolute Gasteiger partial charge is 0.497 e. The number of aromatic nitrogens is 1. The molecule has 0 fully saturated rings. The molecule has 0 amide bonds. The van der Waals surface area contributed by atoms with Crippen molar-refractivity contribution in [1.29, 1.82) is 0 Å². The zero-order chi connectivity index (χ0) is 37.4. The molecule has 0 unspecified atom stereocenters. The van der Waals surface area contributed by atoms with Gasteiger partial charge in [0.1, 0.15) is 12.0 Å². The molecule has 0 aliphatic rings. The average molecular weight is 722 g/mol. The van der Waals surface area contributed by atoms with E-state index in [-0.39, 0.29) is 40.0 Å².